The smallest absolute Gasteiger partial charge is 0.234 e. The van der Waals surface area contributed by atoms with Crippen LogP contribution in [0.5, 0.6) is 0 Å². The van der Waals surface area contributed by atoms with E-state index in [1.807, 2.05) is 60.9 Å². The molecule has 0 spiro atoms. The maximum atomic E-state index is 6.23. The van der Waals surface area contributed by atoms with Crippen LogP contribution >= 0.6 is 0 Å². The van der Waals surface area contributed by atoms with Crippen LogP contribution in [0, 0.1) is 0 Å². The van der Waals surface area contributed by atoms with Gasteiger partial charge in [-0.05, 0) is 35.9 Å². The van der Waals surface area contributed by atoms with E-state index in [0.29, 0.717) is 5.95 Å². The Kier molecular flexibility index (Phi) is 3.99. The second kappa shape index (κ2) is 7.55. The molecule has 0 aliphatic heterocycles. The van der Waals surface area contributed by atoms with E-state index in [0.717, 1.165) is 76.8 Å². The Labute approximate surface area is 221 Å². The summed E-state index contributed by atoms with van der Waals surface area (Å²) in [4.78, 5) is 9.77. The molecule has 0 bridgehead atoms. The molecule has 0 aliphatic rings. The van der Waals surface area contributed by atoms with Gasteiger partial charge in [-0.1, -0.05) is 66.7 Å². The predicted molar refractivity (Wildman–Crippen MR) is 156 cm³/mol. The van der Waals surface area contributed by atoms with Crippen LogP contribution in [0.1, 0.15) is 0 Å². The quantitative estimate of drug-likeness (QED) is 0.237. The minimum atomic E-state index is 0.615. The largest absolute Gasteiger partial charge is 0.456 e. The van der Waals surface area contributed by atoms with Crippen LogP contribution in [0.15, 0.2) is 124 Å². The maximum Gasteiger partial charge on any atom is 0.234 e. The minimum Gasteiger partial charge on any atom is -0.456 e. The number of rotatable bonds is 2. The molecule has 0 aliphatic carbocycles. The molecule has 4 aromatic heterocycles. The molecule has 0 fully saturated rings. The summed E-state index contributed by atoms with van der Waals surface area (Å²) in [5.41, 5.74) is 7.53. The van der Waals surface area contributed by atoms with Crippen molar-refractivity contribution in [3.05, 3.63) is 116 Å². The number of furan rings is 2. The third kappa shape index (κ3) is 2.84. The molecule has 0 atom stereocenters. The lowest BCUT2D eigenvalue weighted by Crippen LogP contribution is -2.00. The molecule has 0 N–H and O–H groups in total. The molecule has 0 amide bonds. The average molecular weight is 502 g/mol. The van der Waals surface area contributed by atoms with Gasteiger partial charge < -0.3 is 8.83 Å². The molecule has 0 radical (unpaired) electrons. The van der Waals surface area contributed by atoms with E-state index in [2.05, 4.69) is 59.2 Å². The van der Waals surface area contributed by atoms with Gasteiger partial charge in [0, 0.05) is 56.3 Å². The fraction of sp³-hybridized carbons (Fsp3) is 0. The van der Waals surface area contributed by atoms with Crippen molar-refractivity contribution in [1.29, 1.82) is 0 Å². The molecule has 39 heavy (non-hydrogen) atoms. The van der Waals surface area contributed by atoms with Gasteiger partial charge in [0.25, 0.3) is 0 Å². The summed E-state index contributed by atoms with van der Waals surface area (Å²) in [5.74, 6) is 0.615. The Hall–Kier alpha value is -5.42. The zero-order chi connectivity index (χ0) is 25.5. The van der Waals surface area contributed by atoms with Crippen molar-refractivity contribution >= 4 is 65.7 Å². The summed E-state index contributed by atoms with van der Waals surface area (Å²) in [6.07, 6.45) is 3.80. The third-order valence-electron chi connectivity index (χ3n) is 7.72. The molecule has 182 valence electrons. The first kappa shape index (κ1) is 20.6. The van der Waals surface area contributed by atoms with Gasteiger partial charge in [0.1, 0.15) is 22.3 Å². The van der Waals surface area contributed by atoms with Crippen molar-refractivity contribution < 1.29 is 8.83 Å². The Morgan fingerprint density at radius 3 is 2.00 bits per heavy atom. The summed E-state index contributed by atoms with van der Waals surface area (Å²) in [7, 11) is 0. The summed E-state index contributed by atoms with van der Waals surface area (Å²) >= 11 is 0. The van der Waals surface area contributed by atoms with E-state index in [-0.39, 0.29) is 0 Å². The Bertz CT molecular complexity index is 2390. The molecule has 9 aromatic rings. The first-order valence-corrected chi connectivity index (χ1v) is 12.9. The summed E-state index contributed by atoms with van der Waals surface area (Å²) in [6.45, 7) is 0. The average Bonchev–Trinajstić information content (AvgIpc) is 3.65. The number of nitrogens with zero attached hydrogens (tertiary/aromatic N) is 3. The van der Waals surface area contributed by atoms with E-state index in [1.165, 1.54) is 0 Å². The SMILES string of the molecule is c1ccc2c(c1)oc1cc3c(cc12)c1ccccc1n3-c1ncc(-c2cccc3oc4ccccc4c23)cn1. The molecule has 0 saturated heterocycles. The van der Waals surface area contributed by atoms with Crippen LogP contribution in [0.2, 0.25) is 0 Å². The maximum absolute atomic E-state index is 6.23. The lowest BCUT2D eigenvalue weighted by atomic mass is 10.0. The highest BCUT2D eigenvalue weighted by atomic mass is 16.3. The molecular weight excluding hydrogens is 482 g/mol. The van der Waals surface area contributed by atoms with Crippen LogP contribution in [0.3, 0.4) is 0 Å². The monoisotopic (exact) mass is 501 g/mol. The number of hydrogen-bond donors (Lipinski definition) is 0. The second-order valence-electron chi connectivity index (χ2n) is 9.86. The van der Waals surface area contributed by atoms with E-state index < -0.39 is 0 Å². The third-order valence-corrected chi connectivity index (χ3v) is 7.72. The van der Waals surface area contributed by atoms with Crippen LogP contribution in [-0.2, 0) is 0 Å². The van der Waals surface area contributed by atoms with Crippen LogP contribution in [0.25, 0.3) is 82.8 Å². The molecular formula is C34H19N3O2. The van der Waals surface area contributed by atoms with Crippen molar-refractivity contribution in [2.45, 2.75) is 0 Å². The summed E-state index contributed by atoms with van der Waals surface area (Å²) < 4.78 is 14.4. The highest BCUT2D eigenvalue weighted by molar-refractivity contribution is 6.17. The summed E-state index contributed by atoms with van der Waals surface area (Å²) in [5, 5.41) is 6.69. The molecule has 5 aromatic carbocycles. The van der Waals surface area contributed by atoms with Gasteiger partial charge in [-0.25, -0.2) is 9.97 Å². The molecule has 9 rings (SSSR count). The highest BCUT2D eigenvalue weighted by Crippen LogP contribution is 2.39. The minimum absolute atomic E-state index is 0.615. The number of benzene rings is 5. The normalized spacial score (nSPS) is 12.1. The number of hydrogen-bond acceptors (Lipinski definition) is 4. The van der Waals surface area contributed by atoms with Gasteiger partial charge in [-0.3, -0.25) is 4.57 Å². The van der Waals surface area contributed by atoms with Crippen LogP contribution in [-0.4, -0.2) is 14.5 Å². The topological polar surface area (TPSA) is 57.0 Å². The van der Waals surface area contributed by atoms with E-state index in [9.17, 15) is 0 Å². The van der Waals surface area contributed by atoms with Crippen molar-refractivity contribution in [2.75, 3.05) is 0 Å². The van der Waals surface area contributed by atoms with Crippen LogP contribution < -0.4 is 0 Å². The highest BCUT2D eigenvalue weighted by Gasteiger charge is 2.18. The Morgan fingerprint density at radius 1 is 0.487 bits per heavy atom. The van der Waals surface area contributed by atoms with Gasteiger partial charge >= 0.3 is 0 Å². The van der Waals surface area contributed by atoms with Gasteiger partial charge in [0.05, 0.1) is 11.0 Å². The number of para-hydroxylation sites is 3. The van der Waals surface area contributed by atoms with E-state index in [4.69, 9.17) is 18.8 Å². The zero-order valence-electron chi connectivity index (χ0n) is 20.6. The fourth-order valence-corrected chi connectivity index (χ4v) is 5.99. The zero-order valence-corrected chi connectivity index (χ0v) is 20.6. The molecule has 0 unspecified atom stereocenters. The lowest BCUT2D eigenvalue weighted by molar-refractivity contribution is 0.668. The van der Waals surface area contributed by atoms with Gasteiger partial charge in [-0.2, -0.15) is 0 Å². The standard InChI is InChI=1S/C34H19N3O2/c1-4-12-27-22(8-1)25-16-26-23-9-2-5-13-29(23)39-32(26)17-28(25)37(27)34-35-18-20(19-36-34)21-11-7-15-31-33(21)24-10-3-6-14-30(24)38-31/h1-19H. The molecule has 5 heteroatoms. The van der Waals surface area contributed by atoms with Crippen molar-refractivity contribution in [1.82, 2.24) is 14.5 Å². The first-order valence-electron chi connectivity index (χ1n) is 12.9. The first-order chi connectivity index (χ1) is 19.3. The summed E-state index contributed by atoms with van der Waals surface area (Å²) in [6, 6.07) is 35.1. The van der Waals surface area contributed by atoms with Crippen molar-refractivity contribution in [2.24, 2.45) is 0 Å². The van der Waals surface area contributed by atoms with Crippen LogP contribution in [0.4, 0.5) is 0 Å². The van der Waals surface area contributed by atoms with Gasteiger partial charge in [0.15, 0.2) is 0 Å². The van der Waals surface area contributed by atoms with E-state index >= 15 is 0 Å². The molecule has 0 saturated carbocycles. The second-order valence-corrected chi connectivity index (χ2v) is 9.86. The van der Waals surface area contributed by atoms with Crippen molar-refractivity contribution in [3.8, 4) is 17.1 Å². The number of fused-ring (bicyclic) bond motifs is 9. The Morgan fingerprint density at radius 2 is 1.15 bits per heavy atom. The van der Waals surface area contributed by atoms with E-state index in [1.54, 1.807) is 0 Å². The molecule has 5 nitrogen and oxygen atoms in total. The predicted octanol–water partition coefficient (Wildman–Crippen LogP) is 9.04. The van der Waals surface area contributed by atoms with Gasteiger partial charge in [-0.15, -0.1) is 0 Å². The molecule has 4 heterocycles. The fourth-order valence-electron chi connectivity index (χ4n) is 5.99. The lowest BCUT2D eigenvalue weighted by Gasteiger charge is -2.08. The Balaban J connectivity index is 1.27. The van der Waals surface area contributed by atoms with Crippen molar-refractivity contribution in [3.63, 3.8) is 0 Å². The van der Waals surface area contributed by atoms with Gasteiger partial charge in [0.2, 0.25) is 5.95 Å². The number of aromatic nitrogens is 3.